The third-order valence-corrected chi connectivity index (χ3v) is 3.29. The second-order valence-electron chi connectivity index (χ2n) is 4.82. The lowest BCUT2D eigenvalue weighted by molar-refractivity contribution is -0.137. The minimum absolute atomic E-state index is 0.119. The molecule has 0 fully saturated rings. The molecule has 1 atom stereocenters. The van der Waals surface area contributed by atoms with Crippen molar-refractivity contribution < 1.29 is 23.0 Å². The van der Waals surface area contributed by atoms with E-state index in [0.29, 0.717) is 11.3 Å². The number of phenolic OH excluding ortho intramolecular Hbond substituents is 1. The number of hydrogen-bond acceptors (Lipinski definition) is 3. The van der Waals surface area contributed by atoms with Gasteiger partial charge in [0.2, 0.25) is 0 Å². The molecular formula is C16H16F3NO2. The van der Waals surface area contributed by atoms with Crippen LogP contribution >= 0.6 is 0 Å². The van der Waals surface area contributed by atoms with E-state index in [9.17, 15) is 18.3 Å². The van der Waals surface area contributed by atoms with E-state index < -0.39 is 11.7 Å². The Bertz CT molecular complexity index is 612. The van der Waals surface area contributed by atoms with Crippen molar-refractivity contribution in [2.24, 2.45) is 5.73 Å². The van der Waals surface area contributed by atoms with E-state index in [1.807, 2.05) is 0 Å². The molecule has 6 heteroatoms. The molecule has 0 radical (unpaired) electrons. The van der Waals surface area contributed by atoms with Crippen LogP contribution < -0.4 is 10.5 Å². The number of alkyl halides is 3. The molecule has 0 bridgehead atoms. The summed E-state index contributed by atoms with van der Waals surface area (Å²) in [6, 6.07) is 11.2. The lowest BCUT2D eigenvalue weighted by Crippen LogP contribution is -2.19. The average Bonchev–Trinajstić information content (AvgIpc) is 2.49. The molecule has 3 N–H and O–H groups in total. The average molecular weight is 311 g/mol. The van der Waals surface area contributed by atoms with Crippen molar-refractivity contribution in [3.05, 3.63) is 59.7 Å². The van der Waals surface area contributed by atoms with Crippen LogP contribution in [0.15, 0.2) is 48.5 Å². The fraction of sp³-hybridized carbons (Fsp3) is 0.250. The Morgan fingerprint density at radius 2 is 1.68 bits per heavy atom. The standard InChI is InChI=1S/C16H16F3NO2/c17-16(18,19)12-5-7-13(8-6-12)22-10-11(9-20)14-3-1-2-4-15(14)21/h1-8,11,21H,9-10,20H2. The van der Waals surface area contributed by atoms with Gasteiger partial charge >= 0.3 is 6.18 Å². The van der Waals surface area contributed by atoms with Crippen LogP contribution in [-0.2, 0) is 6.18 Å². The van der Waals surface area contributed by atoms with Gasteiger partial charge in [-0.25, -0.2) is 0 Å². The van der Waals surface area contributed by atoms with Crippen LogP contribution in [0, 0.1) is 0 Å². The van der Waals surface area contributed by atoms with Crippen molar-refractivity contribution in [3.8, 4) is 11.5 Å². The molecule has 0 amide bonds. The monoisotopic (exact) mass is 311 g/mol. The van der Waals surface area contributed by atoms with Gasteiger partial charge in [-0.3, -0.25) is 0 Å². The largest absolute Gasteiger partial charge is 0.508 e. The normalized spacial score (nSPS) is 12.9. The van der Waals surface area contributed by atoms with E-state index >= 15 is 0 Å². The maximum atomic E-state index is 12.5. The summed E-state index contributed by atoms with van der Waals surface area (Å²) in [4.78, 5) is 0. The molecule has 0 heterocycles. The SMILES string of the molecule is NCC(COc1ccc(C(F)(F)F)cc1)c1ccccc1O. The van der Waals surface area contributed by atoms with Crippen LogP contribution in [0.3, 0.4) is 0 Å². The third-order valence-electron chi connectivity index (χ3n) is 3.29. The molecule has 3 nitrogen and oxygen atoms in total. The van der Waals surface area contributed by atoms with Crippen molar-refractivity contribution in [1.82, 2.24) is 0 Å². The van der Waals surface area contributed by atoms with Crippen molar-refractivity contribution >= 4 is 0 Å². The van der Waals surface area contributed by atoms with Gasteiger partial charge in [0, 0.05) is 18.0 Å². The third kappa shape index (κ3) is 3.92. The first-order chi connectivity index (χ1) is 10.4. The summed E-state index contributed by atoms with van der Waals surface area (Å²) < 4.78 is 42.9. The van der Waals surface area contributed by atoms with Gasteiger partial charge in [0.15, 0.2) is 0 Å². The molecule has 1 unspecified atom stereocenters. The van der Waals surface area contributed by atoms with Crippen molar-refractivity contribution in [2.45, 2.75) is 12.1 Å². The summed E-state index contributed by atoms with van der Waals surface area (Å²) in [6.07, 6.45) is -4.37. The van der Waals surface area contributed by atoms with Crippen molar-refractivity contribution in [3.63, 3.8) is 0 Å². The summed E-state index contributed by atoms with van der Waals surface area (Å²) in [7, 11) is 0. The van der Waals surface area contributed by atoms with Gasteiger partial charge < -0.3 is 15.6 Å². The molecule has 2 rings (SSSR count). The predicted molar refractivity (Wildman–Crippen MR) is 76.8 cm³/mol. The Morgan fingerprint density at radius 1 is 1.05 bits per heavy atom. The van der Waals surface area contributed by atoms with Gasteiger partial charge in [-0.05, 0) is 30.3 Å². The first-order valence-corrected chi connectivity index (χ1v) is 6.70. The quantitative estimate of drug-likeness (QED) is 0.888. The summed E-state index contributed by atoms with van der Waals surface area (Å²) >= 11 is 0. The molecule has 0 saturated heterocycles. The summed E-state index contributed by atoms with van der Waals surface area (Å²) in [6.45, 7) is 0.414. The number of halogens is 3. The van der Waals surface area contributed by atoms with E-state index in [-0.39, 0.29) is 24.8 Å². The molecule has 118 valence electrons. The van der Waals surface area contributed by atoms with Crippen LogP contribution in [0.5, 0.6) is 11.5 Å². The Labute approximate surface area is 126 Å². The number of rotatable bonds is 5. The van der Waals surface area contributed by atoms with Gasteiger partial charge in [0.1, 0.15) is 11.5 Å². The highest BCUT2D eigenvalue weighted by Crippen LogP contribution is 2.31. The molecule has 2 aromatic carbocycles. The molecular weight excluding hydrogens is 295 g/mol. The van der Waals surface area contributed by atoms with Crippen LogP contribution in [0.2, 0.25) is 0 Å². The van der Waals surface area contributed by atoms with E-state index in [4.69, 9.17) is 10.5 Å². The van der Waals surface area contributed by atoms with Gasteiger partial charge in [-0.15, -0.1) is 0 Å². The van der Waals surface area contributed by atoms with Gasteiger partial charge in [-0.2, -0.15) is 13.2 Å². The van der Waals surface area contributed by atoms with E-state index in [1.165, 1.54) is 12.1 Å². The highest BCUT2D eigenvalue weighted by molar-refractivity contribution is 5.35. The van der Waals surface area contributed by atoms with Crippen LogP contribution in [0.25, 0.3) is 0 Å². The lowest BCUT2D eigenvalue weighted by atomic mass is 9.99. The highest BCUT2D eigenvalue weighted by Gasteiger charge is 2.30. The molecule has 0 aliphatic rings. The smallest absolute Gasteiger partial charge is 0.416 e. The van der Waals surface area contributed by atoms with Crippen molar-refractivity contribution in [1.29, 1.82) is 0 Å². The summed E-state index contributed by atoms with van der Waals surface area (Å²) in [5.41, 5.74) is 5.60. The second kappa shape index (κ2) is 6.70. The fourth-order valence-corrected chi connectivity index (χ4v) is 2.05. The maximum absolute atomic E-state index is 12.5. The summed E-state index contributed by atoms with van der Waals surface area (Å²) in [5.74, 6) is 0.194. The molecule has 0 saturated carbocycles. The summed E-state index contributed by atoms with van der Waals surface area (Å²) in [5, 5.41) is 9.80. The van der Waals surface area contributed by atoms with Gasteiger partial charge in [0.25, 0.3) is 0 Å². The van der Waals surface area contributed by atoms with Gasteiger partial charge in [0.05, 0.1) is 12.2 Å². The Balaban J connectivity index is 2.04. The number of benzene rings is 2. The molecule has 0 spiro atoms. The van der Waals surface area contributed by atoms with E-state index in [1.54, 1.807) is 24.3 Å². The van der Waals surface area contributed by atoms with Gasteiger partial charge in [-0.1, -0.05) is 18.2 Å². The van der Waals surface area contributed by atoms with E-state index in [2.05, 4.69) is 0 Å². The minimum atomic E-state index is -4.37. The van der Waals surface area contributed by atoms with Crippen LogP contribution in [-0.4, -0.2) is 18.3 Å². The highest BCUT2D eigenvalue weighted by atomic mass is 19.4. The number of hydrogen-bond donors (Lipinski definition) is 2. The number of phenols is 1. The van der Waals surface area contributed by atoms with E-state index in [0.717, 1.165) is 12.1 Å². The number of aromatic hydroxyl groups is 1. The Morgan fingerprint density at radius 3 is 2.23 bits per heavy atom. The first kappa shape index (κ1) is 16.2. The predicted octanol–water partition coefficient (Wildman–Crippen LogP) is 3.53. The molecule has 0 aromatic heterocycles. The van der Waals surface area contributed by atoms with Crippen LogP contribution in [0.1, 0.15) is 17.0 Å². The fourth-order valence-electron chi connectivity index (χ4n) is 2.05. The first-order valence-electron chi connectivity index (χ1n) is 6.70. The number of nitrogens with two attached hydrogens (primary N) is 1. The Hall–Kier alpha value is -2.21. The minimum Gasteiger partial charge on any atom is -0.508 e. The molecule has 2 aromatic rings. The number of para-hydroxylation sites is 1. The topological polar surface area (TPSA) is 55.5 Å². The van der Waals surface area contributed by atoms with Crippen molar-refractivity contribution in [2.75, 3.05) is 13.2 Å². The lowest BCUT2D eigenvalue weighted by Gasteiger charge is -2.17. The molecule has 0 aliphatic heterocycles. The zero-order valence-corrected chi connectivity index (χ0v) is 11.7. The van der Waals surface area contributed by atoms with Crippen LogP contribution in [0.4, 0.5) is 13.2 Å². The molecule has 22 heavy (non-hydrogen) atoms. The second-order valence-corrected chi connectivity index (χ2v) is 4.82. The Kier molecular flexibility index (Phi) is 4.92. The number of ether oxygens (including phenoxy) is 1. The zero-order valence-electron chi connectivity index (χ0n) is 11.7. The maximum Gasteiger partial charge on any atom is 0.416 e. The zero-order chi connectivity index (χ0) is 16.2. The molecule has 0 aliphatic carbocycles.